The molecule has 2 aromatic rings. The first-order chi connectivity index (χ1) is 9.11. The zero-order valence-corrected chi connectivity index (χ0v) is 11.7. The molecule has 0 fully saturated rings. The number of fused-ring (bicyclic) bond motifs is 1. The zero-order chi connectivity index (χ0) is 13.8. The summed E-state index contributed by atoms with van der Waals surface area (Å²) >= 11 is 6.03. The number of nitrogens with zero attached hydrogens (tertiary/aromatic N) is 2. The minimum atomic E-state index is -0.763. The maximum Gasteiger partial charge on any atom is 0.303 e. The van der Waals surface area contributed by atoms with Crippen LogP contribution in [-0.4, -0.2) is 20.6 Å². The Labute approximate surface area is 117 Å². The summed E-state index contributed by atoms with van der Waals surface area (Å²) in [5.41, 5.74) is 1.95. The second kappa shape index (κ2) is 6.06. The molecule has 0 amide bonds. The molecule has 4 nitrogen and oxygen atoms in total. The smallest absolute Gasteiger partial charge is 0.303 e. The van der Waals surface area contributed by atoms with E-state index in [9.17, 15) is 4.79 Å². The molecule has 0 spiro atoms. The fraction of sp³-hybridized carbons (Fsp3) is 0.429. The molecule has 0 unspecified atom stereocenters. The van der Waals surface area contributed by atoms with E-state index in [0.717, 1.165) is 29.8 Å². The van der Waals surface area contributed by atoms with Gasteiger partial charge in [0.05, 0.1) is 11.0 Å². The number of benzene rings is 1. The van der Waals surface area contributed by atoms with E-state index in [1.807, 2.05) is 18.2 Å². The fourth-order valence-corrected chi connectivity index (χ4v) is 2.37. The number of carboxylic acid groups (broad SMARTS) is 1. The lowest BCUT2D eigenvalue weighted by Crippen LogP contribution is -2.05. The number of hydrogen-bond donors (Lipinski definition) is 1. The van der Waals surface area contributed by atoms with E-state index in [1.54, 1.807) is 0 Å². The molecular weight excluding hydrogens is 264 g/mol. The first-order valence-electron chi connectivity index (χ1n) is 6.48. The summed E-state index contributed by atoms with van der Waals surface area (Å²) in [5.74, 6) is 0.182. The maximum absolute atomic E-state index is 10.6. The number of carboxylic acids is 1. The Kier molecular flexibility index (Phi) is 4.43. The first-order valence-corrected chi connectivity index (χ1v) is 6.86. The van der Waals surface area contributed by atoms with Crippen molar-refractivity contribution in [1.29, 1.82) is 0 Å². The number of aryl methyl sites for hydroxylation is 2. The van der Waals surface area contributed by atoms with E-state index < -0.39 is 5.97 Å². The maximum atomic E-state index is 10.6. The van der Waals surface area contributed by atoms with Crippen LogP contribution >= 0.6 is 11.6 Å². The molecule has 0 aliphatic heterocycles. The van der Waals surface area contributed by atoms with Gasteiger partial charge < -0.3 is 9.67 Å². The van der Waals surface area contributed by atoms with E-state index >= 15 is 0 Å². The van der Waals surface area contributed by atoms with Crippen molar-refractivity contribution < 1.29 is 9.90 Å². The van der Waals surface area contributed by atoms with Crippen molar-refractivity contribution in [2.75, 3.05) is 0 Å². The Hall–Kier alpha value is -1.55. The Morgan fingerprint density at radius 1 is 1.47 bits per heavy atom. The molecule has 0 bridgehead atoms. The van der Waals surface area contributed by atoms with Crippen LogP contribution in [0.3, 0.4) is 0 Å². The lowest BCUT2D eigenvalue weighted by molar-refractivity contribution is -0.137. The Morgan fingerprint density at radius 2 is 2.26 bits per heavy atom. The van der Waals surface area contributed by atoms with Crippen LogP contribution in [0.4, 0.5) is 0 Å². The topological polar surface area (TPSA) is 55.1 Å². The molecule has 0 radical (unpaired) electrons. The molecule has 0 atom stereocenters. The van der Waals surface area contributed by atoms with Gasteiger partial charge in [-0.2, -0.15) is 0 Å². The molecule has 1 N–H and O–H groups in total. The summed E-state index contributed by atoms with van der Waals surface area (Å²) in [6, 6.07) is 5.65. The van der Waals surface area contributed by atoms with Gasteiger partial charge in [-0.3, -0.25) is 4.79 Å². The van der Waals surface area contributed by atoms with Crippen LogP contribution in [-0.2, 0) is 17.8 Å². The number of rotatable bonds is 6. The van der Waals surface area contributed by atoms with E-state index in [0.29, 0.717) is 17.9 Å². The number of imidazole rings is 1. The minimum Gasteiger partial charge on any atom is -0.481 e. The number of hydrogen-bond acceptors (Lipinski definition) is 2. The van der Waals surface area contributed by atoms with Gasteiger partial charge in [0.15, 0.2) is 0 Å². The highest BCUT2D eigenvalue weighted by Gasteiger charge is 2.11. The molecule has 5 heteroatoms. The number of carbonyl (C=O) groups is 1. The number of halogens is 1. The molecule has 102 valence electrons. The highest BCUT2D eigenvalue weighted by molar-refractivity contribution is 6.31. The summed E-state index contributed by atoms with van der Waals surface area (Å²) in [7, 11) is 0. The van der Waals surface area contributed by atoms with Gasteiger partial charge in [-0.1, -0.05) is 18.5 Å². The largest absolute Gasteiger partial charge is 0.481 e. The van der Waals surface area contributed by atoms with Crippen LogP contribution in [0.2, 0.25) is 5.02 Å². The van der Waals surface area contributed by atoms with Crippen LogP contribution in [0.15, 0.2) is 18.2 Å². The van der Waals surface area contributed by atoms with Crippen LogP contribution in [0.1, 0.15) is 32.0 Å². The van der Waals surface area contributed by atoms with Crippen molar-refractivity contribution in [1.82, 2.24) is 9.55 Å². The van der Waals surface area contributed by atoms with Crippen LogP contribution < -0.4 is 0 Å². The molecule has 0 aliphatic rings. The van der Waals surface area contributed by atoms with Crippen molar-refractivity contribution in [2.24, 2.45) is 0 Å². The van der Waals surface area contributed by atoms with Gasteiger partial charge in [-0.05, 0) is 31.0 Å². The average Bonchev–Trinajstić information content (AvgIpc) is 2.68. The quantitative estimate of drug-likeness (QED) is 0.881. The van der Waals surface area contributed by atoms with Crippen molar-refractivity contribution in [2.45, 2.75) is 39.2 Å². The fourth-order valence-electron chi connectivity index (χ4n) is 2.21. The van der Waals surface area contributed by atoms with Crippen LogP contribution in [0, 0.1) is 0 Å². The summed E-state index contributed by atoms with van der Waals surface area (Å²) in [6.07, 6.45) is 2.47. The molecule has 19 heavy (non-hydrogen) atoms. The third-order valence-electron chi connectivity index (χ3n) is 3.03. The first kappa shape index (κ1) is 13.9. The number of aliphatic carboxylic acids is 1. The zero-order valence-electron chi connectivity index (χ0n) is 10.9. The molecule has 1 aromatic heterocycles. The predicted octanol–water partition coefficient (Wildman–Crippen LogP) is 3.51. The second-order valence-corrected chi connectivity index (χ2v) is 5.00. The minimum absolute atomic E-state index is 0.177. The number of aromatic nitrogens is 2. The van der Waals surface area contributed by atoms with Crippen molar-refractivity contribution >= 4 is 28.6 Å². The molecule has 0 saturated heterocycles. The Morgan fingerprint density at radius 3 is 2.95 bits per heavy atom. The molecular formula is C14H17ClN2O2. The van der Waals surface area contributed by atoms with Crippen molar-refractivity contribution in [3.05, 3.63) is 29.0 Å². The lowest BCUT2D eigenvalue weighted by Gasteiger charge is -2.07. The van der Waals surface area contributed by atoms with Crippen LogP contribution in [0.25, 0.3) is 11.0 Å². The SMILES string of the molecule is CCCn1c(CCCC(=O)O)nc2ccc(Cl)cc21. The van der Waals surface area contributed by atoms with E-state index in [-0.39, 0.29) is 6.42 Å². The van der Waals surface area contributed by atoms with E-state index in [1.165, 1.54) is 0 Å². The highest BCUT2D eigenvalue weighted by atomic mass is 35.5. The average molecular weight is 281 g/mol. The van der Waals surface area contributed by atoms with Gasteiger partial charge in [0.2, 0.25) is 0 Å². The van der Waals surface area contributed by atoms with Gasteiger partial charge in [0.25, 0.3) is 0 Å². The molecule has 2 rings (SSSR count). The normalized spacial score (nSPS) is 11.1. The molecule has 0 saturated carbocycles. The summed E-state index contributed by atoms with van der Waals surface area (Å²) in [5, 5.41) is 9.39. The molecule has 1 aromatic carbocycles. The molecule has 0 aliphatic carbocycles. The van der Waals surface area contributed by atoms with Gasteiger partial charge >= 0.3 is 5.97 Å². The van der Waals surface area contributed by atoms with Gasteiger partial charge in [-0.15, -0.1) is 0 Å². The standard InChI is InChI=1S/C14H17ClN2O2/c1-2-8-17-12-9-10(15)6-7-11(12)16-13(17)4-3-5-14(18)19/h6-7,9H,2-5,8H2,1H3,(H,18,19). The third kappa shape index (κ3) is 3.26. The lowest BCUT2D eigenvalue weighted by atomic mass is 10.2. The van der Waals surface area contributed by atoms with Crippen LogP contribution in [0.5, 0.6) is 0 Å². The van der Waals surface area contributed by atoms with Crippen molar-refractivity contribution in [3.8, 4) is 0 Å². The van der Waals surface area contributed by atoms with Gasteiger partial charge in [0, 0.05) is 24.4 Å². The monoisotopic (exact) mass is 280 g/mol. The van der Waals surface area contributed by atoms with E-state index in [2.05, 4.69) is 16.5 Å². The highest BCUT2D eigenvalue weighted by Crippen LogP contribution is 2.22. The predicted molar refractivity (Wildman–Crippen MR) is 75.6 cm³/mol. The van der Waals surface area contributed by atoms with Gasteiger partial charge in [0.1, 0.15) is 5.82 Å². The molecule has 1 heterocycles. The van der Waals surface area contributed by atoms with E-state index in [4.69, 9.17) is 16.7 Å². The Balaban J connectivity index is 2.30. The summed E-state index contributed by atoms with van der Waals surface area (Å²) < 4.78 is 2.14. The van der Waals surface area contributed by atoms with Crippen molar-refractivity contribution in [3.63, 3.8) is 0 Å². The summed E-state index contributed by atoms with van der Waals surface area (Å²) in [4.78, 5) is 15.2. The van der Waals surface area contributed by atoms with Gasteiger partial charge in [-0.25, -0.2) is 4.98 Å². The Bertz CT molecular complexity index is 592. The second-order valence-electron chi connectivity index (χ2n) is 4.56. The summed E-state index contributed by atoms with van der Waals surface area (Å²) in [6.45, 7) is 2.98. The third-order valence-corrected chi connectivity index (χ3v) is 3.26.